The molecule has 1 aliphatic rings. The van der Waals surface area contributed by atoms with Crippen molar-refractivity contribution < 1.29 is 23.8 Å². The summed E-state index contributed by atoms with van der Waals surface area (Å²) in [4.78, 5) is 25.3. The second-order valence-electron chi connectivity index (χ2n) is 7.56. The van der Waals surface area contributed by atoms with Crippen LogP contribution in [-0.4, -0.2) is 28.7 Å². The number of hydrogen-bond donors (Lipinski definition) is 1. The van der Waals surface area contributed by atoms with Gasteiger partial charge in [-0.1, -0.05) is 6.08 Å². The van der Waals surface area contributed by atoms with Crippen LogP contribution >= 0.6 is 11.8 Å². The topological polar surface area (TPSA) is 76.7 Å². The highest BCUT2D eigenvalue weighted by molar-refractivity contribution is 7.98. The third-order valence-electron chi connectivity index (χ3n) is 5.36. The van der Waals surface area contributed by atoms with Gasteiger partial charge in [-0.3, -0.25) is 4.79 Å². The number of aryl methyl sites for hydroxylation is 2. The molecule has 0 atom stereocenters. The highest BCUT2D eigenvalue weighted by atomic mass is 32.2. The Bertz CT molecular complexity index is 1160. The molecule has 6 heteroatoms. The number of thioether (sulfide) groups is 1. The van der Waals surface area contributed by atoms with Crippen LogP contribution in [0.25, 0.3) is 17.0 Å². The molecule has 0 spiro atoms. The second-order valence-corrected chi connectivity index (χ2v) is 8.41. The zero-order valence-electron chi connectivity index (χ0n) is 17.0. The molecule has 0 aliphatic heterocycles. The van der Waals surface area contributed by atoms with Crippen molar-refractivity contribution in [2.24, 2.45) is 0 Å². The van der Waals surface area contributed by atoms with E-state index in [1.165, 1.54) is 6.08 Å². The van der Waals surface area contributed by atoms with Gasteiger partial charge in [0.1, 0.15) is 11.3 Å². The first-order valence-corrected chi connectivity index (χ1v) is 10.9. The number of ketones is 1. The number of allylic oxidation sites excluding steroid dienone is 1. The van der Waals surface area contributed by atoms with E-state index < -0.39 is 11.6 Å². The Labute approximate surface area is 178 Å². The monoisotopic (exact) mass is 422 g/mol. The molecule has 1 aromatic heterocycles. The quantitative estimate of drug-likeness (QED) is 0.301. The van der Waals surface area contributed by atoms with Gasteiger partial charge < -0.3 is 14.3 Å². The number of rotatable bonds is 7. The summed E-state index contributed by atoms with van der Waals surface area (Å²) in [5, 5.41) is 10.3. The maximum Gasteiger partial charge on any atom is 0.348 e. The predicted molar refractivity (Wildman–Crippen MR) is 118 cm³/mol. The highest BCUT2D eigenvalue weighted by Gasteiger charge is 2.53. The van der Waals surface area contributed by atoms with Crippen LogP contribution in [0.5, 0.6) is 5.75 Å². The minimum Gasteiger partial charge on any atom is -0.478 e. The van der Waals surface area contributed by atoms with Crippen molar-refractivity contribution in [3.63, 3.8) is 0 Å². The number of furan rings is 1. The molecular weight excluding hydrogens is 400 g/mol. The molecule has 0 unspecified atom stereocenters. The molecule has 30 heavy (non-hydrogen) atoms. The molecule has 154 valence electrons. The van der Waals surface area contributed by atoms with Crippen molar-refractivity contribution in [1.82, 2.24) is 0 Å². The summed E-state index contributed by atoms with van der Waals surface area (Å²) in [6.45, 7) is 3.76. The van der Waals surface area contributed by atoms with Crippen molar-refractivity contribution in [2.75, 3.05) is 6.26 Å². The molecule has 0 amide bonds. The number of ether oxygens (including phenoxy) is 1. The lowest BCUT2D eigenvalue weighted by Crippen LogP contribution is -2.29. The number of carbonyl (C=O) groups is 2. The summed E-state index contributed by atoms with van der Waals surface area (Å²) in [5.41, 5.74) is 2.56. The summed E-state index contributed by atoms with van der Waals surface area (Å²) in [6, 6.07) is 9.38. The van der Waals surface area contributed by atoms with Gasteiger partial charge in [0.15, 0.2) is 5.78 Å². The Morgan fingerprint density at radius 1 is 1.17 bits per heavy atom. The van der Waals surface area contributed by atoms with Crippen LogP contribution in [0, 0.1) is 13.8 Å². The Balaban J connectivity index is 1.58. The van der Waals surface area contributed by atoms with Gasteiger partial charge in [-0.2, -0.15) is 0 Å². The van der Waals surface area contributed by atoms with Gasteiger partial charge in [0.25, 0.3) is 0 Å². The van der Waals surface area contributed by atoms with Crippen molar-refractivity contribution in [2.45, 2.75) is 37.2 Å². The molecule has 4 rings (SSSR count). The summed E-state index contributed by atoms with van der Waals surface area (Å²) in [6.07, 6.45) is 7.92. The third-order valence-corrected chi connectivity index (χ3v) is 6.16. The number of carboxylic acid groups (broad SMARTS) is 1. The molecule has 1 heterocycles. The molecule has 1 aliphatic carbocycles. The molecule has 0 radical (unpaired) electrons. The van der Waals surface area contributed by atoms with Crippen molar-refractivity contribution in [3.8, 4) is 5.75 Å². The molecule has 3 aromatic rings. The lowest BCUT2D eigenvalue weighted by molar-refractivity contribution is -0.147. The first-order valence-electron chi connectivity index (χ1n) is 9.65. The summed E-state index contributed by atoms with van der Waals surface area (Å²) < 4.78 is 11.4. The Morgan fingerprint density at radius 3 is 2.47 bits per heavy atom. The lowest BCUT2D eigenvalue weighted by Gasteiger charge is -2.18. The lowest BCUT2D eigenvalue weighted by atomic mass is 10.0. The molecule has 0 bridgehead atoms. The fraction of sp³-hybridized carbons (Fsp3) is 0.250. The standard InChI is InChI=1S/C24H22O5S/c1-14-12-16(13-15(2)21(14)29-24(9-10-24)23(26)27)4-6-19(25)17-5-7-20(30-3)18-8-11-28-22(17)18/h4-8,11-13H,9-10H2,1-3H3,(H,26,27)/b6-4+. The summed E-state index contributed by atoms with van der Waals surface area (Å²) >= 11 is 1.61. The van der Waals surface area contributed by atoms with Gasteiger partial charge in [-0.15, -0.1) is 11.8 Å². The Kier molecular flexibility index (Phi) is 5.20. The van der Waals surface area contributed by atoms with Crippen molar-refractivity contribution >= 4 is 40.6 Å². The molecule has 0 saturated heterocycles. The molecule has 1 fully saturated rings. The van der Waals surface area contributed by atoms with Crippen LogP contribution < -0.4 is 4.74 Å². The number of hydrogen-bond acceptors (Lipinski definition) is 5. The van der Waals surface area contributed by atoms with Gasteiger partial charge in [0.05, 0.1) is 11.8 Å². The minimum absolute atomic E-state index is 0.138. The van der Waals surface area contributed by atoms with Crippen molar-refractivity contribution in [3.05, 3.63) is 64.9 Å². The first kappa shape index (κ1) is 20.3. The maximum atomic E-state index is 12.8. The molecular formula is C24H22O5S. The third kappa shape index (κ3) is 3.63. The van der Waals surface area contributed by atoms with Gasteiger partial charge >= 0.3 is 5.97 Å². The number of carbonyl (C=O) groups excluding carboxylic acids is 1. The zero-order valence-corrected chi connectivity index (χ0v) is 17.8. The Morgan fingerprint density at radius 2 is 1.87 bits per heavy atom. The zero-order chi connectivity index (χ0) is 21.5. The average molecular weight is 423 g/mol. The minimum atomic E-state index is -1.08. The van der Waals surface area contributed by atoms with E-state index in [0.717, 1.165) is 27.0 Å². The van der Waals surface area contributed by atoms with E-state index in [0.29, 0.717) is 29.7 Å². The van der Waals surface area contributed by atoms with E-state index in [1.807, 2.05) is 44.4 Å². The maximum absolute atomic E-state index is 12.8. The normalized spacial score (nSPS) is 14.9. The van der Waals surface area contributed by atoms with E-state index in [9.17, 15) is 14.7 Å². The van der Waals surface area contributed by atoms with Crippen LogP contribution in [0.1, 0.15) is 39.9 Å². The van der Waals surface area contributed by atoms with Crippen molar-refractivity contribution in [1.29, 1.82) is 0 Å². The van der Waals surface area contributed by atoms with E-state index in [1.54, 1.807) is 30.2 Å². The van der Waals surface area contributed by atoms with E-state index in [4.69, 9.17) is 9.15 Å². The van der Waals surface area contributed by atoms with Gasteiger partial charge in [0, 0.05) is 23.1 Å². The highest BCUT2D eigenvalue weighted by Crippen LogP contribution is 2.42. The number of aliphatic carboxylic acids is 1. The van der Waals surface area contributed by atoms with Crippen LogP contribution in [0.4, 0.5) is 0 Å². The predicted octanol–water partition coefficient (Wildman–Crippen LogP) is 5.66. The van der Waals surface area contributed by atoms with Crippen LogP contribution in [-0.2, 0) is 4.79 Å². The second kappa shape index (κ2) is 7.69. The summed E-state index contributed by atoms with van der Waals surface area (Å²) in [5.74, 6) is -0.461. The Hall–Kier alpha value is -2.99. The fourth-order valence-electron chi connectivity index (χ4n) is 3.58. The van der Waals surface area contributed by atoms with E-state index >= 15 is 0 Å². The summed E-state index contributed by atoms with van der Waals surface area (Å²) in [7, 11) is 0. The van der Waals surface area contributed by atoms with Gasteiger partial charge in [-0.25, -0.2) is 4.79 Å². The van der Waals surface area contributed by atoms with Gasteiger partial charge in [-0.05, 0) is 73.2 Å². The molecule has 1 saturated carbocycles. The SMILES string of the molecule is CSc1ccc(C(=O)/C=C/c2cc(C)c(OC3(C(=O)O)CC3)c(C)c2)c2occc12. The molecule has 2 aromatic carbocycles. The van der Waals surface area contributed by atoms with E-state index in [2.05, 4.69) is 0 Å². The van der Waals surface area contributed by atoms with Gasteiger partial charge in [0.2, 0.25) is 5.60 Å². The largest absolute Gasteiger partial charge is 0.478 e. The average Bonchev–Trinajstić information content (AvgIpc) is 3.35. The number of carboxylic acids is 1. The smallest absolute Gasteiger partial charge is 0.348 e. The first-order chi connectivity index (χ1) is 14.3. The molecule has 5 nitrogen and oxygen atoms in total. The molecule has 1 N–H and O–H groups in total. The fourth-order valence-corrected chi connectivity index (χ4v) is 4.16. The van der Waals surface area contributed by atoms with Crippen LogP contribution in [0.15, 0.2) is 52.0 Å². The van der Waals surface area contributed by atoms with Crippen LogP contribution in [0.2, 0.25) is 0 Å². The van der Waals surface area contributed by atoms with Crippen LogP contribution in [0.3, 0.4) is 0 Å². The number of benzene rings is 2. The number of fused-ring (bicyclic) bond motifs is 1. The van der Waals surface area contributed by atoms with E-state index in [-0.39, 0.29) is 5.78 Å².